The molecule has 0 amide bonds. The Balaban J connectivity index is 1.92. The van der Waals surface area contributed by atoms with Crippen LogP contribution in [-0.2, 0) is 13.1 Å². The third-order valence-electron chi connectivity index (χ3n) is 3.91. The Kier molecular flexibility index (Phi) is 4.24. The molecule has 1 saturated heterocycles. The minimum absolute atomic E-state index is 0.792. The molecular formula is C15H21ClN4. The first kappa shape index (κ1) is 13.9. The predicted octanol–water partition coefficient (Wildman–Crippen LogP) is 2.50. The molecule has 1 aliphatic rings. The van der Waals surface area contributed by atoms with E-state index in [1.54, 1.807) is 0 Å². The van der Waals surface area contributed by atoms with Crippen LogP contribution in [0.1, 0.15) is 19.2 Å². The van der Waals surface area contributed by atoms with Gasteiger partial charge in [-0.15, -0.1) is 0 Å². The molecule has 0 unspecified atom stereocenters. The van der Waals surface area contributed by atoms with Crippen molar-refractivity contribution in [1.29, 1.82) is 0 Å². The van der Waals surface area contributed by atoms with Gasteiger partial charge >= 0.3 is 0 Å². The van der Waals surface area contributed by atoms with Crippen LogP contribution in [0.5, 0.6) is 0 Å². The van der Waals surface area contributed by atoms with Gasteiger partial charge in [-0.3, -0.25) is 4.90 Å². The second-order valence-corrected chi connectivity index (χ2v) is 5.67. The average molecular weight is 293 g/mol. The summed E-state index contributed by atoms with van der Waals surface area (Å²) < 4.78 is 2.25. The first-order valence-electron chi connectivity index (χ1n) is 7.36. The van der Waals surface area contributed by atoms with Gasteiger partial charge in [0.2, 0.25) is 0 Å². The van der Waals surface area contributed by atoms with Crippen molar-refractivity contribution in [2.24, 2.45) is 0 Å². The number of rotatable bonds is 3. The molecule has 20 heavy (non-hydrogen) atoms. The normalized spacial score (nSPS) is 17.5. The van der Waals surface area contributed by atoms with E-state index >= 15 is 0 Å². The Bertz CT molecular complexity index is 585. The summed E-state index contributed by atoms with van der Waals surface area (Å²) in [5.74, 6) is 1.12. The maximum atomic E-state index is 6.34. The molecule has 4 nitrogen and oxygen atoms in total. The number of fused-ring (bicyclic) bond motifs is 1. The van der Waals surface area contributed by atoms with Crippen LogP contribution in [0.25, 0.3) is 11.0 Å². The molecule has 0 bridgehead atoms. The van der Waals surface area contributed by atoms with Gasteiger partial charge < -0.3 is 9.88 Å². The highest BCUT2D eigenvalue weighted by Gasteiger charge is 2.16. The number of para-hydroxylation sites is 1. The maximum absolute atomic E-state index is 6.34. The topological polar surface area (TPSA) is 33.1 Å². The summed E-state index contributed by atoms with van der Waals surface area (Å²) in [6.45, 7) is 8.36. The Morgan fingerprint density at radius 1 is 1.30 bits per heavy atom. The van der Waals surface area contributed by atoms with Crippen molar-refractivity contribution in [3.63, 3.8) is 0 Å². The van der Waals surface area contributed by atoms with E-state index in [4.69, 9.17) is 16.6 Å². The number of imidazole rings is 1. The molecule has 1 aliphatic heterocycles. The van der Waals surface area contributed by atoms with Gasteiger partial charge in [-0.25, -0.2) is 4.98 Å². The van der Waals surface area contributed by atoms with E-state index in [2.05, 4.69) is 21.7 Å². The molecule has 0 saturated carbocycles. The van der Waals surface area contributed by atoms with Crippen molar-refractivity contribution in [3.05, 3.63) is 29.0 Å². The molecule has 0 spiro atoms. The summed E-state index contributed by atoms with van der Waals surface area (Å²) in [6.07, 6.45) is 1.20. The number of hydrogen-bond acceptors (Lipinski definition) is 3. The third kappa shape index (κ3) is 2.68. The van der Waals surface area contributed by atoms with Crippen LogP contribution < -0.4 is 5.32 Å². The van der Waals surface area contributed by atoms with Crippen LogP contribution in [-0.4, -0.2) is 40.6 Å². The summed E-state index contributed by atoms with van der Waals surface area (Å²) in [5.41, 5.74) is 2.07. The highest BCUT2D eigenvalue weighted by Crippen LogP contribution is 2.25. The van der Waals surface area contributed by atoms with Gasteiger partial charge in [-0.1, -0.05) is 17.7 Å². The minimum Gasteiger partial charge on any atom is -0.326 e. The first-order chi connectivity index (χ1) is 9.79. The molecule has 1 aromatic heterocycles. The molecule has 2 aromatic rings. The molecule has 5 heteroatoms. The molecule has 3 rings (SSSR count). The molecule has 0 radical (unpaired) electrons. The van der Waals surface area contributed by atoms with Crippen LogP contribution in [0.4, 0.5) is 0 Å². The lowest BCUT2D eigenvalue weighted by molar-refractivity contribution is 0.274. The molecule has 108 valence electrons. The van der Waals surface area contributed by atoms with Gasteiger partial charge in [0, 0.05) is 19.6 Å². The van der Waals surface area contributed by atoms with Crippen molar-refractivity contribution in [3.8, 4) is 0 Å². The van der Waals surface area contributed by atoms with Gasteiger partial charge in [-0.05, 0) is 38.6 Å². The summed E-state index contributed by atoms with van der Waals surface area (Å²) in [7, 11) is 0. The fraction of sp³-hybridized carbons (Fsp3) is 0.533. The average Bonchev–Trinajstić information content (AvgIpc) is 2.61. The monoisotopic (exact) mass is 292 g/mol. The fourth-order valence-electron chi connectivity index (χ4n) is 2.91. The van der Waals surface area contributed by atoms with E-state index in [0.717, 1.165) is 61.1 Å². The molecule has 1 N–H and O–H groups in total. The number of aromatic nitrogens is 2. The van der Waals surface area contributed by atoms with Gasteiger partial charge in [0.15, 0.2) is 0 Å². The lowest BCUT2D eigenvalue weighted by Gasteiger charge is -2.19. The van der Waals surface area contributed by atoms with E-state index in [-0.39, 0.29) is 0 Å². The van der Waals surface area contributed by atoms with Crippen molar-refractivity contribution >= 4 is 22.6 Å². The molecule has 0 aliphatic carbocycles. The Labute approximate surface area is 124 Å². The molecule has 1 aromatic carbocycles. The zero-order valence-electron chi connectivity index (χ0n) is 11.9. The standard InChI is InChI=1S/C15H21ClN4/c1-2-20-14(11-19-9-4-7-17-8-10-19)18-13-6-3-5-12(16)15(13)20/h3,5-6,17H,2,4,7-11H2,1H3. The number of halogens is 1. The summed E-state index contributed by atoms with van der Waals surface area (Å²) in [4.78, 5) is 7.26. The number of aryl methyl sites for hydroxylation is 1. The number of nitrogens with zero attached hydrogens (tertiary/aromatic N) is 3. The smallest absolute Gasteiger partial charge is 0.124 e. The molecule has 1 fully saturated rings. The van der Waals surface area contributed by atoms with Crippen LogP contribution in [0.2, 0.25) is 5.02 Å². The molecular weight excluding hydrogens is 272 g/mol. The SMILES string of the molecule is CCn1c(CN2CCCNCC2)nc2cccc(Cl)c21. The highest BCUT2D eigenvalue weighted by atomic mass is 35.5. The van der Waals surface area contributed by atoms with E-state index < -0.39 is 0 Å². The Morgan fingerprint density at radius 2 is 2.20 bits per heavy atom. The summed E-state index contributed by atoms with van der Waals surface area (Å²) in [5, 5.41) is 4.23. The quantitative estimate of drug-likeness (QED) is 0.944. The van der Waals surface area contributed by atoms with E-state index in [0.29, 0.717) is 0 Å². The zero-order valence-corrected chi connectivity index (χ0v) is 12.7. The minimum atomic E-state index is 0.792. The van der Waals surface area contributed by atoms with Crippen LogP contribution in [0.15, 0.2) is 18.2 Å². The van der Waals surface area contributed by atoms with Crippen molar-refractivity contribution in [2.75, 3.05) is 26.2 Å². The van der Waals surface area contributed by atoms with Gasteiger partial charge in [-0.2, -0.15) is 0 Å². The lowest BCUT2D eigenvalue weighted by Crippen LogP contribution is -2.29. The number of nitrogens with one attached hydrogen (secondary N) is 1. The molecule has 0 atom stereocenters. The Morgan fingerprint density at radius 3 is 3.05 bits per heavy atom. The van der Waals surface area contributed by atoms with Crippen molar-refractivity contribution in [1.82, 2.24) is 19.8 Å². The second-order valence-electron chi connectivity index (χ2n) is 5.26. The van der Waals surface area contributed by atoms with Crippen LogP contribution in [0.3, 0.4) is 0 Å². The second kappa shape index (κ2) is 6.12. The van der Waals surface area contributed by atoms with Crippen LogP contribution >= 0.6 is 11.6 Å². The van der Waals surface area contributed by atoms with Gasteiger partial charge in [0.25, 0.3) is 0 Å². The van der Waals surface area contributed by atoms with Crippen LogP contribution in [0, 0.1) is 0 Å². The molecule has 2 heterocycles. The maximum Gasteiger partial charge on any atom is 0.124 e. The third-order valence-corrected chi connectivity index (χ3v) is 4.22. The first-order valence-corrected chi connectivity index (χ1v) is 7.74. The Hall–Kier alpha value is -1.10. The fourth-order valence-corrected chi connectivity index (χ4v) is 3.18. The number of benzene rings is 1. The zero-order chi connectivity index (χ0) is 13.9. The summed E-state index contributed by atoms with van der Waals surface area (Å²) >= 11 is 6.34. The van der Waals surface area contributed by atoms with Crippen molar-refractivity contribution in [2.45, 2.75) is 26.4 Å². The van der Waals surface area contributed by atoms with E-state index in [1.807, 2.05) is 18.2 Å². The van der Waals surface area contributed by atoms with E-state index in [1.165, 1.54) is 6.42 Å². The largest absolute Gasteiger partial charge is 0.326 e. The van der Waals surface area contributed by atoms with Gasteiger partial charge in [0.1, 0.15) is 5.82 Å². The van der Waals surface area contributed by atoms with Crippen molar-refractivity contribution < 1.29 is 0 Å². The van der Waals surface area contributed by atoms with E-state index in [9.17, 15) is 0 Å². The highest BCUT2D eigenvalue weighted by molar-refractivity contribution is 6.35. The summed E-state index contributed by atoms with van der Waals surface area (Å²) in [6, 6.07) is 5.95. The lowest BCUT2D eigenvalue weighted by atomic mass is 10.3. The number of hydrogen-bond donors (Lipinski definition) is 1. The van der Waals surface area contributed by atoms with Gasteiger partial charge in [0.05, 0.1) is 22.6 Å². The predicted molar refractivity (Wildman–Crippen MR) is 83.2 cm³/mol.